The average molecular weight is 327 g/mol. The van der Waals surface area contributed by atoms with Crippen LogP contribution in [0.25, 0.3) is 0 Å². The van der Waals surface area contributed by atoms with E-state index in [2.05, 4.69) is 15.3 Å². The summed E-state index contributed by atoms with van der Waals surface area (Å²) in [5, 5.41) is 2.63. The summed E-state index contributed by atoms with van der Waals surface area (Å²) in [6.45, 7) is 5.23. The van der Waals surface area contributed by atoms with E-state index in [4.69, 9.17) is 11.5 Å². The second-order valence-corrected chi connectivity index (χ2v) is 5.85. The Kier molecular flexibility index (Phi) is 5.72. The third-order valence-electron chi connectivity index (χ3n) is 2.78. The van der Waals surface area contributed by atoms with Gasteiger partial charge in [0.15, 0.2) is 5.96 Å². The van der Waals surface area contributed by atoms with Gasteiger partial charge in [0.25, 0.3) is 12.3 Å². The standard InChI is InChI=1S/C14H19F2N5O2/c1-14(2,3)12(23)20-6-7-4-8(11(22)21-13(17)18)9(10(15)16)19-5-7/h4-5,10H,6H2,1-3H3,(H,20,23)(H4,17,18,21,22). The van der Waals surface area contributed by atoms with Gasteiger partial charge in [0, 0.05) is 18.2 Å². The summed E-state index contributed by atoms with van der Waals surface area (Å²) in [6.07, 6.45) is -1.79. The van der Waals surface area contributed by atoms with Gasteiger partial charge in [-0.3, -0.25) is 14.6 Å². The van der Waals surface area contributed by atoms with Crippen LogP contribution in [0.4, 0.5) is 8.78 Å². The van der Waals surface area contributed by atoms with E-state index in [-0.39, 0.29) is 12.5 Å². The molecule has 23 heavy (non-hydrogen) atoms. The van der Waals surface area contributed by atoms with Crippen molar-refractivity contribution in [3.63, 3.8) is 0 Å². The van der Waals surface area contributed by atoms with Crippen molar-refractivity contribution in [2.24, 2.45) is 21.9 Å². The van der Waals surface area contributed by atoms with Crippen LogP contribution in [-0.2, 0) is 11.3 Å². The molecule has 0 bridgehead atoms. The van der Waals surface area contributed by atoms with E-state index in [1.54, 1.807) is 20.8 Å². The number of halogens is 2. The van der Waals surface area contributed by atoms with Gasteiger partial charge in [0.2, 0.25) is 5.91 Å². The predicted octanol–water partition coefficient (Wildman–Crippen LogP) is 1.10. The van der Waals surface area contributed by atoms with Gasteiger partial charge in [0.1, 0.15) is 5.69 Å². The largest absolute Gasteiger partial charge is 0.370 e. The molecule has 0 unspecified atom stereocenters. The van der Waals surface area contributed by atoms with Gasteiger partial charge in [-0.1, -0.05) is 20.8 Å². The van der Waals surface area contributed by atoms with Crippen molar-refractivity contribution in [2.45, 2.75) is 33.7 Å². The average Bonchev–Trinajstić information content (AvgIpc) is 2.42. The molecule has 1 aromatic rings. The Labute approximate surface area is 132 Å². The number of nitrogens with one attached hydrogen (secondary N) is 1. The molecule has 0 radical (unpaired) electrons. The maximum absolute atomic E-state index is 12.9. The Balaban J connectivity index is 3.07. The first-order chi connectivity index (χ1) is 10.5. The summed E-state index contributed by atoms with van der Waals surface area (Å²) in [4.78, 5) is 30.4. The summed E-state index contributed by atoms with van der Waals surface area (Å²) in [5.74, 6) is -1.79. The fraction of sp³-hybridized carbons (Fsp3) is 0.429. The normalized spacial score (nSPS) is 11.2. The minimum Gasteiger partial charge on any atom is -0.370 e. The highest BCUT2D eigenvalue weighted by Gasteiger charge is 2.23. The maximum Gasteiger partial charge on any atom is 0.282 e. The molecule has 0 saturated carbocycles. The SMILES string of the molecule is CC(C)(C)C(=O)NCc1cnc(C(F)F)c(C(=O)N=C(N)N)c1. The van der Waals surface area contributed by atoms with Crippen LogP contribution in [0.15, 0.2) is 17.3 Å². The van der Waals surface area contributed by atoms with E-state index in [1.807, 2.05) is 0 Å². The van der Waals surface area contributed by atoms with Crippen molar-refractivity contribution in [1.29, 1.82) is 0 Å². The molecule has 2 amide bonds. The van der Waals surface area contributed by atoms with Gasteiger partial charge in [-0.2, -0.15) is 4.99 Å². The number of aromatic nitrogens is 1. The zero-order chi connectivity index (χ0) is 17.8. The monoisotopic (exact) mass is 327 g/mol. The number of rotatable bonds is 4. The van der Waals surface area contributed by atoms with Crippen molar-refractivity contribution in [1.82, 2.24) is 10.3 Å². The molecule has 0 spiro atoms. The second kappa shape index (κ2) is 7.12. The van der Waals surface area contributed by atoms with Crippen molar-refractivity contribution in [3.8, 4) is 0 Å². The summed E-state index contributed by atoms with van der Waals surface area (Å²) >= 11 is 0. The predicted molar refractivity (Wildman–Crippen MR) is 80.6 cm³/mol. The Morgan fingerprint density at radius 2 is 1.96 bits per heavy atom. The Morgan fingerprint density at radius 3 is 2.43 bits per heavy atom. The Bertz CT molecular complexity index is 635. The molecule has 0 saturated heterocycles. The molecule has 7 nitrogen and oxygen atoms in total. The van der Waals surface area contributed by atoms with E-state index >= 15 is 0 Å². The third-order valence-corrected chi connectivity index (χ3v) is 2.78. The van der Waals surface area contributed by atoms with Crippen LogP contribution < -0.4 is 16.8 Å². The molecule has 0 atom stereocenters. The first-order valence-electron chi connectivity index (χ1n) is 6.71. The lowest BCUT2D eigenvalue weighted by Crippen LogP contribution is -2.34. The fourth-order valence-electron chi connectivity index (χ4n) is 1.59. The van der Waals surface area contributed by atoms with E-state index < -0.39 is 35.0 Å². The molecule has 5 N–H and O–H groups in total. The molecule has 9 heteroatoms. The lowest BCUT2D eigenvalue weighted by molar-refractivity contribution is -0.128. The molecular weight excluding hydrogens is 308 g/mol. The van der Waals surface area contributed by atoms with E-state index in [0.29, 0.717) is 5.56 Å². The van der Waals surface area contributed by atoms with E-state index in [9.17, 15) is 18.4 Å². The first-order valence-corrected chi connectivity index (χ1v) is 6.71. The highest BCUT2D eigenvalue weighted by atomic mass is 19.3. The fourth-order valence-corrected chi connectivity index (χ4v) is 1.59. The number of pyridine rings is 1. The van der Waals surface area contributed by atoms with Gasteiger partial charge in [-0.15, -0.1) is 0 Å². The smallest absolute Gasteiger partial charge is 0.282 e. The number of carbonyl (C=O) groups excluding carboxylic acids is 2. The summed E-state index contributed by atoms with van der Waals surface area (Å²) in [6, 6.07) is 1.19. The number of nitrogens with zero attached hydrogens (tertiary/aromatic N) is 2. The third kappa shape index (κ3) is 5.28. The molecule has 1 rings (SSSR count). The summed E-state index contributed by atoms with van der Waals surface area (Å²) in [5.41, 5.74) is 8.82. The number of hydrogen-bond acceptors (Lipinski definition) is 3. The number of amides is 2. The molecule has 0 aliphatic rings. The van der Waals surface area contributed by atoms with Crippen LogP contribution in [0.5, 0.6) is 0 Å². The minimum absolute atomic E-state index is 0.0364. The second-order valence-electron chi connectivity index (χ2n) is 5.85. The summed E-state index contributed by atoms with van der Waals surface area (Å²) in [7, 11) is 0. The number of nitrogens with two attached hydrogens (primary N) is 2. The molecule has 1 aromatic heterocycles. The molecule has 1 heterocycles. The highest BCUT2D eigenvalue weighted by Crippen LogP contribution is 2.22. The molecule has 0 aliphatic heterocycles. The van der Waals surface area contributed by atoms with Gasteiger partial charge >= 0.3 is 0 Å². The zero-order valence-electron chi connectivity index (χ0n) is 13.1. The van der Waals surface area contributed by atoms with E-state index in [1.165, 1.54) is 6.07 Å². The number of guanidine groups is 1. The van der Waals surface area contributed by atoms with Crippen molar-refractivity contribution in [3.05, 3.63) is 29.1 Å². The molecule has 0 aromatic carbocycles. The van der Waals surface area contributed by atoms with Gasteiger partial charge < -0.3 is 16.8 Å². The van der Waals surface area contributed by atoms with Crippen molar-refractivity contribution >= 4 is 17.8 Å². The number of hydrogen-bond donors (Lipinski definition) is 3. The van der Waals surface area contributed by atoms with Gasteiger partial charge in [-0.25, -0.2) is 8.78 Å². The van der Waals surface area contributed by atoms with Gasteiger partial charge in [-0.05, 0) is 11.6 Å². The number of alkyl halides is 2. The maximum atomic E-state index is 12.9. The van der Waals surface area contributed by atoms with Crippen LogP contribution in [0, 0.1) is 5.41 Å². The van der Waals surface area contributed by atoms with Crippen LogP contribution in [0.3, 0.4) is 0 Å². The molecule has 0 aliphatic carbocycles. The van der Waals surface area contributed by atoms with Gasteiger partial charge in [0.05, 0.1) is 5.56 Å². The first kappa shape index (κ1) is 18.5. The van der Waals surface area contributed by atoms with Crippen LogP contribution in [0.1, 0.15) is 48.8 Å². The quantitative estimate of drug-likeness (QED) is 0.564. The van der Waals surface area contributed by atoms with Crippen molar-refractivity contribution < 1.29 is 18.4 Å². The van der Waals surface area contributed by atoms with Crippen LogP contribution in [0.2, 0.25) is 0 Å². The summed E-state index contributed by atoms with van der Waals surface area (Å²) < 4.78 is 25.9. The lowest BCUT2D eigenvalue weighted by Gasteiger charge is -2.17. The Hall–Kier alpha value is -2.58. The Morgan fingerprint density at radius 1 is 1.35 bits per heavy atom. The molecule has 126 valence electrons. The van der Waals surface area contributed by atoms with E-state index in [0.717, 1.165) is 6.20 Å². The lowest BCUT2D eigenvalue weighted by atomic mass is 9.95. The highest BCUT2D eigenvalue weighted by molar-refractivity contribution is 6.02. The van der Waals surface area contributed by atoms with Crippen LogP contribution >= 0.6 is 0 Å². The topological polar surface area (TPSA) is 123 Å². The van der Waals surface area contributed by atoms with Crippen LogP contribution in [-0.4, -0.2) is 22.8 Å². The number of aliphatic imine (C=N–C) groups is 1. The zero-order valence-corrected chi connectivity index (χ0v) is 13.1. The molecule has 0 fully saturated rings. The van der Waals surface area contributed by atoms with Crippen molar-refractivity contribution in [2.75, 3.05) is 0 Å². The number of carbonyl (C=O) groups is 2. The molecular formula is C14H19F2N5O2. The minimum atomic E-state index is -2.96.